The topological polar surface area (TPSA) is 114 Å². The maximum atomic E-state index is 6.89. The monoisotopic (exact) mass is 385 g/mol. The number of hydrogen-bond donors (Lipinski definition) is 8. The summed E-state index contributed by atoms with van der Waals surface area (Å²) < 4.78 is 9.55. The van der Waals surface area contributed by atoms with Crippen molar-refractivity contribution < 1.29 is 24.9 Å². The first-order valence-corrected chi connectivity index (χ1v) is 7.10. The quantitative estimate of drug-likeness (QED) is 0.140. The molecule has 6 nitrogen and oxygen atoms in total. The van der Waals surface area contributed by atoms with E-state index in [0.717, 1.165) is 18.6 Å². The second-order valence-corrected chi connectivity index (χ2v) is 5.14. The molecule has 0 rings (SSSR count). The third-order valence-corrected chi connectivity index (χ3v) is 2.82. The van der Waals surface area contributed by atoms with Crippen molar-refractivity contribution in [1.82, 2.24) is 0 Å². The van der Waals surface area contributed by atoms with Crippen molar-refractivity contribution in [3.8, 4) is 0 Å². The summed E-state index contributed by atoms with van der Waals surface area (Å²) in [4.78, 5) is 0. The van der Waals surface area contributed by atoms with E-state index in [9.17, 15) is 0 Å². The molecule has 4 N–H and O–H groups in total. The summed E-state index contributed by atoms with van der Waals surface area (Å²) in [5.41, 5.74) is -2.47. The number of nitrogens with one attached hydrogen (secondary N) is 4. The van der Waals surface area contributed by atoms with Gasteiger partial charge < -0.3 is 15.6 Å². The Morgan fingerprint density at radius 1 is 0.842 bits per heavy atom. The van der Waals surface area contributed by atoms with Gasteiger partial charge in [0.15, 0.2) is 0 Å². The molecular weight excluding hydrogens is 371 g/mol. The Morgan fingerprint density at radius 2 is 1.16 bits per heavy atom. The minimum absolute atomic E-state index is 0.0655. The Hall–Kier alpha value is 0.494. The molecule has 113 valence electrons. The van der Waals surface area contributed by atoms with Crippen molar-refractivity contribution in [2.45, 2.75) is 21.7 Å². The molecule has 0 fully saturated rings. The molecule has 0 aliphatic heterocycles. The molecule has 11 heteroatoms. The van der Waals surface area contributed by atoms with Gasteiger partial charge in [0.2, 0.25) is 0 Å². The Morgan fingerprint density at radius 3 is 1.42 bits per heavy atom. The molecule has 0 bridgehead atoms. The van der Waals surface area contributed by atoms with E-state index in [1.807, 2.05) is 0 Å². The van der Waals surface area contributed by atoms with Crippen LogP contribution in [0, 0.1) is 21.6 Å². The van der Waals surface area contributed by atoms with Crippen LogP contribution in [0.2, 0.25) is 0 Å². The van der Waals surface area contributed by atoms with Crippen molar-refractivity contribution in [2.75, 3.05) is 0 Å². The van der Waals surface area contributed by atoms with E-state index in [0.29, 0.717) is 0 Å². The van der Waals surface area contributed by atoms with Gasteiger partial charge in [-0.3, -0.25) is 0 Å². The van der Waals surface area contributed by atoms with E-state index in [1.165, 1.54) is 0 Å². The maximum absolute atomic E-state index is 6.89. The first kappa shape index (κ1) is 21.8. The van der Waals surface area contributed by atoms with Gasteiger partial charge in [-0.05, 0) is 0 Å². The van der Waals surface area contributed by atoms with Gasteiger partial charge in [0.05, 0.1) is 0 Å². The summed E-state index contributed by atoms with van der Waals surface area (Å²) in [5.74, 6) is 0. The second-order valence-electron chi connectivity index (χ2n) is 2.61. The zero-order chi connectivity index (χ0) is 15.4. The standard InChI is InChI=1S/C4H8N2OS2.C4H7N2OS2.Ni/c2*5-1-3(8)7-4(9)2-6;/h1-6,8-9H;1,3-6,8-9H;. The molecule has 0 aromatic rings. The van der Waals surface area contributed by atoms with Gasteiger partial charge in [-0.15, -0.1) is 25.3 Å². The first-order chi connectivity index (χ1) is 8.78. The number of hydrogen-bond acceptors (Lipinski definition) is 10. The zero-order valence-corrected chi connectivity index (χ0v) is 14.0. The van der Waals surface area contributed by atoms with Crippen molar-refractivity contribution in [3.05, 3.63) is 0 Å². The summed E-state index contributed by atoms with van der Waals surface area (Å²) in [5, 5.41) is 26.9. The van der Waals surface area contributed by atoms with E-state index in [4.69, 9.17) is 31.1 Å². The SMILES string of the molecule is N=CC(S)OC(S)C=N.N=CC(S)OC(S)[C](=N)[Ni]. The average molecular weight is 386 g/mol. The molecule has 0 aromatic heterocycles. The minimum atomic E-state index is -0.718. The second kappa shape index (κ2) is 13.5. The molecule has 19 heavy (non-hydrogen) atoms. The zero-order valence-electron chi connectivity index (χ0n) is 9.46. The molecule has 0 aliphatic rings. The van der Waals surface area contributed by atoms with Crippen LogP contribution >= 0.6 is 50.5 Å². The van der Waals surface area contributed by atoms with Gasteiger partial charge in [0, 0.05) is 12.4 Å². The Kier molecular flexibility index (Phi) is 15.5. The van der Waals surface area contributed by atoms with Crippen LogP contribution in [0.1, 0.15) is 0 Å². The van der Waals surface area contributed by atoms with Crippen LogP contribution in [0.4, 0.5) is 0 Å². The summed E-state index contributed by atoms with van der Waals surface area (Å²) in [6.45, 7) is 0. The molecule has 0 aliphatic carbocycles. The summed E-state index contributed by atoms with van der Waals surface area (Å²) in [6, 6.07) is 0. The fourth-order valence-corrected chi connectivity index (χ4v) is 1.22. The van der Waals surface area contributed by atoms with Crippen molar-refractivity contribution in [1.29, 1.82) is 21.6 Å². The molecule has 0 spiro atoms. The predicted octanol–water partition coefficient (Wildman–Crippen LogP) is 1.50. The van der Waals surface area contributed by atoms with Gasteiger partial charge >= 0.3 is 78.0 Å². The molecule has 0 amide bonds. The van der Waals surface area contributed by atoms with E-state index in [-0.39, 0.29) is 4.68 Å². The van der Waals surface area contributed by atoms with Gasteiger partial charge in [0.25, 0.3) is 0 Å². The number of ether oxygens (including phenoxy) is 2. The van der Waals surface area contributed by atoms with Crippen LogP contribution in [-0.2, 0) is 24.9 Å². The molecule has 0 aromatic carbocycles. The molecule has 0 radical (unpaired) electrons. The Balaban J connectivity index is 0. The number of rotatable bonds is 8. The van der Waals surface area contributed by atoms with Crippen LogP contribution in [0.15, 0.2) is 0 Å². The van der Waals surface area contributed by atoms with Crippen LogP contribution < -0.4 is 0 Å². The summed E-state index contributed by atoms with van der Waals surface area (Å²) >= 11 is 19.4. The van der Waals surface area contributed by atoms with Crippen molar-refractivity contribution >= 4 is 73.8 Å². The van der Waals surface area contributed by atoms with Crippen LogP contribution in [-0.4, -0.2) is 45.1 Å². The van der Waals surface area contributed by atoms with Gasteiger partial charge in [-0.2, -0.15) is 0 Å². The van der Waals surface area contributed by atoms with Crippen molar-refractivity contribution in [3.63, 3.8) is 0 Å². The fraction of sp³-hybridized carbons (Fsp3) is 0.500. The van der Waals surface area contributed by atoms with E-state index in [1.54, 1.807) is 0 Å². The van der Waals surface area contributed by atoms with E-state index in [2.05, 4.69) is 66.0 Å². The predicted molar refractivity (Wildman–Crippen MR) is 87.3 cm³/mol. The molecule has 4 unspecified atom stereocenters. The molecular formula is C8H15N4NiO2S4. The number of thiol groups is 4. The van der Waals surface area contributed by atoms with E-state index < -0.39 is 21.7 Å². The molecule has 0 heterocycles. The van der Waals surface area contributed by atoms with Crippen LogP contribution in [0.5, 0.6) is 0 Å². The van der Waals surface area contributed by atoms with E-state index >= 15 is 0 Å². The van der Waals surface area contributed by atoms with Gasteiger partial charge in [0.1, 0.15) is 10.9 Å². The van der Waals surface area contributed by atoms with Crippen LogP contribution in [0.25, 0.3) is 0 Å². The third-order valence-electron chi connectivity index (χ3n) is 1.18. The first-order valence-electron chi connectivity index (χ1n) is 4.54. The Bertz CT molecular complexity index is 298. The fourth-order valence-electron chi connectivity index (χ4n) is 0.448. The average Bonchev–Trinajstić information content (AvgIpc) is 2.38. The molecule has 0 saturated heterocycles. The molecule has 0 saturated carbocycles. The third kappa shape index (κ3) is 14.7. The van der Waals surface area contributed by atoms with Gasteiger partial charge in [-0.1, -0.05) is 0 Å². The van der Waals surface area contributed by atoms with Gasteiger partial charge in [-0.25, -0.2) is 0 Å². The van der Waals surface area contributed by atoms with Crippen LogP contribution in [0.3, 0.4) is 0 Å². The Labute approximate surface area is 141 Å². The summed E-state index contributed by atoms with van der Waals surface area (Å²) in [7, 11) is 0. The molecule has 4 atom stereocenters. The normalized spacial score (nSPS) is 16.1. The summed E-state index contributed by atoms with van der Waals surface area (Å²) in [6.07, 6.45) is 3.04. The van der Waals surface area contributed by atoms with Crippen molar-refractivity contribution in [2.24, 2.45) is 0 Å².